The molecule has 0 aliphatic carbocycles. The molecule has 0 unspecified atom stereocenters. The Morgan fingerprint density at radius 3 is 0.955 bits per heavy atom. The predicted molar refractivity (Wildman–Crippen MR) is 91.0 cm³/mol. The molecule has 0 aromatic rings. The average molecular weight is 322 g/mol. The molecule has 0 amide bonds. The van der Waals surface area contributed by atoms with E-state index in [1.165, 1.54) is 0 Å². The van der Waals surface area contributed by atoms with Crippen LogP contribution in [0.3, 0.4) is 0 Å². The van der Waals surface area contributed by atoms with Crippen LogP contribution in [0.25, 0.3) is 0 Å². The SMILES string of the molecule is CCCCN(CCO)CCO.CCCCN(CCO)CCO. The zero-order valence-electron chi connectivity index (χ0n) is 14.6. The third kappa shape index (κ3) is 17.8. The molecule has 0 radical (unpaired) electrons. The summed E-state index contributed by atoms with van der Waals surface area (Å²) in [4.78, 5) is 4.15. The van der Waals surface area contributed by atoms with Crippen molar-refractivity contribution in [2.45, 2.75) is 39.5 Å². The van der Waals surface area contributed by atoms with Crippen molar-refractivity contribution in [1.82, 2.24) is 9.80 Å². The van der Waals surface area contributed by atoms with Crippen LogP contribution in [0.2, 0.25) is 0 Å². The van der Waals surface area contributed by atoms with E-state index >= 15 is 0 Å². The molecule has 0 aromatic heterocycles. The molecule has 0 aromatic carbocycles. The summed E-state index contributed by atoms with van der Waals surface area (Å²) in [6.45, 7) is 9.70. The Morgan fingerprint density at radius 2 is 0.773 bits per heavy atom. The summed E-state index contributed by atoms with van der Waals surface area (Å²) in [5.74, 6) is 0. The van der Waals surface area contributed by atoms with Crippen LogP contribution in [0, 0.1) is 0 Å². The molecule has 6 heteroatoms. The van der Waals surface area contributed by atoms with Gasteiger partial charge in [-0.25, -0.2) is 0 Å². The molecule has 0 saturated heterocycles. The van der Waals surface area contributed by atoms with Gasteiger partial charge in [0.05, 0.1) is 26.4 Å². The summed E-state index contributed by atoms with van der Waals surface area (Å²) in [6, 6.07) is 0. The van der Waals surface area contributed by atoms with Gasteiger partial charge in [-0.3, -0.25) is 9.80 Å². The van der Waals surface area contributed by atoms with E-state index in [0.717, 1.165) is 38.8 Å². The molecule has 0 heterocycles. The molecule has 6 nitrogen and oxygen atoms in total. The van der Waals surface area contributed by atoms with Gasteiger partial charge in [0, 0.05) is 26.2 Å². The summed E-state index contributed by atoms with van der Waals surface area (Å²) >= 11 is 0. The van der Waals surface area contributed by atoms with Crippen LogP contribution in [-0.2, 0) is 0 Å². The van der Waals surface area contributed by atoms with E-state index in [2.05, 4.69) is 23.6 Å². The Kier molecular flexibility index (Phi) is 22.7. The minimum atomic E-state index is 0.184. The highest BCUT2D eigenvalue weighted by molar-refractivity contribution is 4.56. The summed E-state index contributed by atoms with van der Waals surface area (Å²) in [6.07, 6.45) is 4.60. The Balaban J connectivity index is 0. The van der Waals surface area contributed by atoms with Gasteiger partial charge in [0.2, 0.25) is 0 Å². The molecule has 0 fully saturated rings. The average Bonchev–Trinajstić information content (AvgIpc) is 2.52. The highest BCUT2D eigenvalue weighted by Crippen LogP contribution is 1.94. The lowest BCUT2D eigenvalue weighted by Crippen LogP contribution is -2.30. The maximum Gasteiger partial charge on any atom is 0.0558 e. The molecule has 4 N–H and O–H groups in total. The zero-order chi connectivity index (χ0) is 17.1. The van der Waals surface area contributed by atoms with Gasteiger partial charge in [0.1, 0.15) is 0 Å². The van der Waals surface area contributed by atoms with Crippen LogP contribution in [0.1, 0.15) is 39.5 Å². The van der Waals surface area contributed by atoms with Crippen molar-refractivity contribution in [3.63, 3.8) is 0 Å². The second-order valence-electron chi connectivity index (χ2n) is 5.28. The number of aliphatic hydroxyl groups excluding tert-OH is 4. The van der Waals surface area contributed by atoms with Crippen LogP contribution in [0.5, 0.6) is 0 Å². The lowest BCUT2D eigenvalue weighted by molar-refractivity contribution is 0.159. The van der Waals surface area contributed by atoms with Crippen molar-refractivity contribution < 1.29 is 20.4 Å². The first kappa shape index (κ1) is 24.0. The maximum absolute atomic E-state index is 8.64. The Labute approximate surface area is 136 Å². The number of hydrogen-bond donors (Lipinski definition) is 4. The first-order valence-electron chi connectivity index (χ1n) is 8.58. The van der Waals surface area contributed by atoms with Crippen LogP contribution in [0.4, 0.5) is 0 Å². The van der Waals surface area contributed by atoms with Gasteiger partial charge < -0.3 is 20.4 Å². The number of aliphatic hydroxyl groups is 4. The van der Waals surface area contributed by atoms with Gasteiger partial charge in [0.15, 0.2) is 0 Å². The van der Waals surface area contributed by atoms with Crippen LogP contribution >= 0.6 is 0 Å². The standard InChI is InChI=1S/2C8H19NO2/c2*1-2-3-4-9(5-7-10)6-8-11/h2*10-11H,2-8H2,1H3. The first-order chi connectivity index (χ1) is 10.7. The Bertz CT molecular complexity index is 165. The molecule has 0 saturated carbocycles. The number of nitrogens with zero attached hydrogens (tertiary/aromatic N) is 2. The third-order valence-corrected chi connectivity index (χ3v) is 3.32. The molecule has 0 spiro atoms. The lowest BCUT2D eigenvalue weighted by Gasteiger charge is -2.19. The van der Waals surface area contributed by atoms with Crippen LogP contribution < -0.4 is 0 Å². The molecule has 0 bridgehead atoms. The van der Waals surface area contributed by atoms with E-state index in [4.69, 9.17) is 20.4 Å². The molecule has 0 atom stereocenters. The van der Waals surface area contributed by atoms with E-state index in [9.17, 15) is 0 Å². The molecule has 136 valence electrons. The summed E-state index contributed by atoms with van der Waals surface area (Å²) in [5, 5.41) is 34.6. The highest BCUT2D eigenvalue weighted by atomic mass is 16.3. The molecular formula is C16H38N2O4. The quantitative estimate of drug-likeness (QED) is 0.364. The van der Waals surface area contributed by atoms with Gasteiger partial charge in [-0.2, -0.15) is 0 Å². The Morgan fingerprint density at radius 1 is 0.500 bits per heavy atom. The summed E-state index contributed by atoms with van der Waals surface area (Å²) < 4.78 is 0. The van der Waals surface area contributed by atoms with Gasteiger partial charge in [-0.05, 0) is 25.9 Å². The fourth-order valence-electron chi connectivity index (χ4n) is 2.00. The van der Waals surface area contributed by atoms with Gasteiger partial charge in [-0.1, -0.05) is 26.7 Å². The highest BCUT2D eigenvalue weighted by Gasteiger charge is 2.01. The number of hydrogen-bond acceptors (Lipinski definition) is 6. The molecule has 0 rings (SSSR count). The van der Waals surface area contributed by atoms with Crippen molar-refractivity contribution in [1.29, 1.82) is 0 Å². The maximum atomic E-state index is 8.64. The summed E-state index contributed by atoms with van der Waals surface area (Å²) in [5.41, 5.74) is 0. The van der Waals surface area contributed by atoms with Crippen molar-refractivity contribution in [3.05, 3.63) is 0 Å². The fourth-order valence-corrected chi connectivity index (χ4v) is 2.00. The van der Waals surface area contributed by atoms with Gasteiger partial charge in [-0.15, -0.1) is 0 Å². The van der Waals surface area contributed by atoms with Gasteiger partial charge >= 0.3 is 0 Å². The number of unbranched alkanes of at least 4 members (excludes halogenated alkanes) is 2. The molecule has 0 aliphatic rings. The fraction of sp³-hybridized carbons (Fsp3) is 1.00. The zero-order valence-corrected chi connectivity index (χ0v) is 14.6. The van der Waals surface area contributed by atoms with E-state index in [1.54, 1.807) is 0 Å². The summed E-state index contributed by atoms with van der Waals surface area (Å²) in [7, 11) is 0. The lowest BCUT2D eigenvalue weighted by atomic mass is 10.3. The van der Waals surface area contributed by atoms with E-state index in [1.807, 2.05) is 0 Å². The second kappa shape index (κ2) is 20.8. The van der Waals surface area contributed by atoms with Crippen molar-refractivity contribution in [2.75, 3.05) is 65.7 Å². The van der Waals surface area contributed by atoms with Crippen molar-refractivity contribution in [3.8, 4) is 0 Å². The predicted octanol–water partition coefficient (Wildman–Crippen LogP) is 0.146. The van der Waals surface area contributed by atoms with Crippen molar-refractivity contribution >= 4 is 0 Å². The second-order valence-corrected chi connectivity index (χ2v) is 5.28. The normalized spacial score (nSPS) is 10.9. The first-order valence-corrected chi connectivity index (χ1v) is 8.58. The Hall–Kier alpha value is -0.240. The van der Waals surface area contributed by atoms with E-state index in [-0.39, 0.29) is 26.4 Å². The smallest absolute Gasteiger partial charge is 0.0558 e. The monoisotopic (exact) mass is 322 g/mol. The third-order valence-electron chi connectivity index (χ3n) is 3.32. The molecular weight excluding hydrogens is 284 g/mol. The van der Waals surface area contributed by atoms with E-state index in [0.29, 0.717) is 26.2 Å². The minimum Gasteiger partial charge on any atom is -0.395 e. The van der Waals surface area contributed by atoms with E-state index < -0.39 is 0 Å². The van der Waals surface area contributed by atoms with Gasteiger partial charge in [0.25, 0.3) is 0 Å². The topological polar surface area (TPSA) is 87.4 Å². The molecule has 0 aliphatic heterocycles. The van der Waals surface area contributed by atoms with Crippen molar-refractivity contribution in [2.24, 2.45) is 0 Å². The number of rotatable bonds is 14. The van der Waals surface area contributed by atoms with Crippen LogP contribution in [-0.4, -0.2) is 95.9 Å². The molecule has 22 heavy (non-hydrogen) atoms. The minimum absolute atomic E-state index is 0.184. The largest absolute Gasteiger partial charge is 0.395 e. The van der Waals surface area contributed by atoms with Crippen LogP contribution in [0.15, 0.2) is 0 Å².